The number of carboxylic acids is 1. The number of hydrogen-bond donors (Lipinski definition) is 4. The Hall–Kier alpha value is -3.00. The van der Waals surface area contributed by atoms with Crippen LogP contribution in [0.5, 0.6) is 0 Å². The van der Waals surface area contributed by atoms with E-state index in [9.17, 15) is 14.3 Å². The SMILES string of the molecule is Cc1nc2ccc(F)c(-c3cc(C(=O)O)c(C(C)N)[nH]3)c2nc1NC1CC1. The minimum atomic E-state index is -1.12. The first-order valence-electron chi connectivity index (χ1n) is 8.80. The molecule has 0 bridgehead atoms. The maximum absolute atomic E-state index is 14.8. The summed E-state index contributed by atoms with van der Waals surface area (Å²) >= 11 is 0. The smallest absolute Gasteiger partial charge is 0.337 e. The van der Waals surface area contributed by atoms with Crippen LogP contribution in [-0.2, 0) is 0 Å². The van der Waals surface area contributed by atoms with Gasteiger partial charge in [-0.25, -0.2) is 19.2 Å². The molecule has 7 nitrogen and oxygen atoms in total. The highest BCUT2D eigenvalue weighted by Gasteiger charge is 2.25. The molecule has 1 atom stereocenters. The molecule has 2 heterocycles. The van der Waals surface area contributed by atoms with Crippen molar-refractivity contribution < 1.29 is 14.3 Å². The standard InChI is InChI=1S/C19H20FN5O2/c1-8(21)16-11(19(26)27)7-14(24-16)15-12(20)5-6-13-17(15)25-18(9(2)22-13)23-10-3-4-10/h5-8,10,24H,3-4,21H2,1-2H3,(H,23,25)(H,26,27). The molecule has 0 amide bonds. The molecule has 8 heteroatoms. The van der Waals surface area contributed by atoms with E-state index in [2.05, 4.69) is 20.3 Å². The number of carbonyl (C=O) groups is 1. The second-order valence-corrected chi connectivity index (χ2v) is 6.97. The Morgan fingerprint density at radius 1 is 1.41 bits per heavy atom. The van der Waals surface area contributed by atoms with Crippen molar-refractivity contribution in [1.29, 1.82) is 0 Å². The van der Waals surface area contributed by atoms with Crippen molar-refractivity contribution in [2.75, 3.05) is 5.32 Å². The summed E-state index contributed by atoms with van der Waals surface area (Å²) in [4.78, 5) is 23.6. The van der Waals surface area contributed by atoms with Crippen molar-refractivity contribution in [3.05, 3.63) is 41.0 Å². The molecule has 1 aliphatic rings. The van der Waals surface area contributed by atoms with Gasteiger partial charge in [-0.2, -0.15) is 0 Å². The molecule has 0 spiro atoms. The summed E-state index contributed by atoms with van der Waals surface area (Å²) in [5, 5.41) is 12.7. The molecule has 4 rings (SSSR count). The lowest BCUT2D eigenvalue weighted by molar-refractivity contribution is 0.0695. The molecule has 1 unspecified atom stereocenters. The number of aromatic amines is 1. The maximum Gasteiger partial charge on any atom is 0.337 e. The Morgan fingerprint density at radius 2 is 2.15 bits per heavy atom. The monoisotopic (exact) mass is 369 g/mol. The highest BCUT2D eigenvalue weighted by atomic mass is 19.1. The highest BCUT2D eigenvalue weighted by molar-refractivity contribution is 5.96. The Balaban J connectivity index is 1.93. The van der Waals surface area contributed by atoms with E-state index in [-0.39, 0.29) is 11.1 Å². The molecule has 1 saturated carbocycles. The van der Waals surface area contributed by atoms with E-state index in [0.717, 1.165) is 18.5 Å². The molecule has 27 heavy (non-hydrogen) atoms. The zero-order valence-corrected chi connectivity index (χ0v) is 15.0. The van der Waals surface area contributed by atoms with E-state index >= 15 is 0 Å². The van der Waals surface area contributed by atoms with E-state index in [4.69, 9.17) is 5.73 Å². The van der Waals surface area contributed by atoms with Crippen LogP contribution in [0.15, 0.2) is 18.2 Å². The third-order valence-electron chi connectivity index (χ3n) is 4.68. The summed E-state index contributed by atoms with van der Waals surface area (Å²) in [6, 6.07) is 4.12. The van der Waals surface area contributed by atoms with E-state index in [1.165, 1.54) is 12.1 Å². The number of rotatable bonds is 5. The molecule has 1 aromatic carbocycles. The molecule has 1 aliphatic carbocycles. The number of carboxylic acid groups (broad SMARTS) is 1. The third-order valence-corrected chi connectivity index (χ3v) is 4.68. The first-order valence-corrected chi connectivity index (χ1v) is 8.80. The van der Waals surface area contributed by atoms with Crippen LogP contribution in [0.4, 0.5) is 10.2 Å². The topological polar surface area (TPSA) is 117 Å². The van der Waals surface area contributed by atoms with Gasteiger partial charge in [-0.05, 0) is 44.9 Å². The van der Waals surface area contributed by atoms with Crippen LogP contribution in [-0.4, -0.2) is 32.1 Å². The first kappa shape index (κ1) is 17.4. The van der Waals surface area contributed by atoms with E-state index in [1.807, 2.05) is 6.92 Å². The van der Waals surface area contributed by atoms with Crippen LogP contribution in [0.2, 0.25) is 0 Å². The molecule has 5 N–H and O–H groups in total. The number of anilines is 1. The number of benzene rings is 1. The summed E-state index contributed by atoms with van der Waals surface area (Å²) in [5.41, 5.74) is 8.39. The van der Waals surface area contributed by atoms with Gasteiger partial charge in [0.2, 0.25) is 0 Å². The summed E-state index contributed by atoms with van der Waals surface area (Å²) in [5.74, 6) is -1.01. The summed E-state index contributed by atoms with van der Waals surface area (Å²) < 4.78 is 14.8. The number of aryl methyl sites for hydroxylation is 1. The van der Waals surface area contributed by atoms with Gasteiger partial charge in [0.25, 0.3) is 0 Å². The number of nitrogens with one attached hydrogen (secondary N) is 2. The van der Waals surface area contributed by atoms with Gasteiger partial charge in [-0.3, -0.25) is 0 Å². The molecular formula is C19H20FN5O2. The van der Waals surface area contributed by atoms with Gasteiger partial charge in [0, 0.05) is 17.8 Å². The van der Waals surface area contributed by atoms with Gasteiger partial charge < -0.3 is 21.1 Å². The lowest BCUT2D eigenvalue weighted by Gasteiger charge is -2.11. The number of halogens is 1. The van der Waals surface area contributed by atoms with Crippen LogP contribution in [0, 0.1) is 12.7 Å². The summed E-state index contributed by atoms with van der Waals surface area (Å²) in [6.45, 7) is 3.52. The first-order chi connectivity index (χ1) is 12.8. The number of aromatic carboxylic acids is 1. The van der Waals surface area contributed by atoms with E-state index in [1.54, 1.807) is 13.0 Å². The average Bonchev–Trinajstić information content (AvgIpc) is 3.30. The summed E-state index contributed by atoms with van der Waals surface area (Å²) in [7, 11) is 0. The van der Waals surface area contributed by atoms with Crippen LogP contribution in [0.3, 0.4) is 0 Å². The Kier molecular flexibility index (Phi) is 4.07. The van der Waals surface area contributed by atoms with Crippen molar-refractivity contribution in [2.24, 2.45) is 5.73 Å². The molecule has 2 aromatic heterocycles. The van der Waals surface area contributed by atoms with Crippen LogP contribution in [0.1, 0.15) is 47.6 Å². The zero-order valence-electron chi connectivity index (χ0n) is 15.0. The second-order valence-electron chi connectivity index (χ2n) is 6.97. The lowest BCUT2D eigenvalue weighted by Crippen LogP contribution is -2.10. The number of H-pyrrole nitrogens is 1. The summed E-state index contributed by atoms with van der Waals surface area (Å²) in [6.07, 6.45) is 2.15. The zero-order chi connectivity index (χ0) is 19.3. The molecule has 0 radical (unpaired) electrons. The molecule has 3 aromatic rings. The van der Waals surface area contributed by atoms with E-state index in [0.29, 0.717) is 34.3 Å². The van der Waals surface area contributed by atoms with Crippen LogP contribution >= 0.6 is 0 Å². The largest absolute Gasteiger partial charge is 0.478 e. The Labute approximate surface area is 154 Å². The van der Waals surface area contributed by atoms with Gasteiger partial charge in [0.1, 0.15) is 17.2 Å². The van der Waals surface area contributed by atoms with Gasteiger partial charge in [-0.15, -0.1) is 0 Å². The van der Waals surface area contributed by atoms with Crippen molar-refractivity contribution in [3.63, 3.8) is 0 Å². The second kappa shape index (κ2) is 6.31. The highest BCUT2D eigenvalue weighted by Crippen LogP contribution is 2.34. The average molecular weight is 369 g/mol. The molecule has 0 aliphatic heterocycles. The number of nitrogens with two attached hydrogens (primary N) is 1. The van der Waals surface area contributed by atoms with Crippen molar-refractivity contribution >= 4 is 22.8 Å². The quantitative estimate of drug-likeness (QED) is 0.548. The fraction of sp³-hybridized carbons (Fsp3) is 0.316. The molecule has 0 saturated heterocycles. The van der Waals surface area contributed by atoms with Crippen molar-refractivity contribution in [3.8, 4) is 11.3 Å². The van der Waals surface area contributed by atoms with Crippen molar-refractivity contribution in [1.82, 2.24) is 15.0 Å². The molecule has 140 valence electrons. The molecule has 1 fully saturated rings. The predicted molar refractivity (Wildman–Crippen MR) is 100 cm³/mol. The normalized spacial score (nSPS) is 15.1. The minimum absolute atomic E-state index is 0.0211. The fourth-order valence-electron chi connectivity index (χ4n) is 3.14. The Bertz CT molecular complexity index is 1060. The number of aromatic nitrogens is 3. The Morgan fingerprint density at radius 3 is 2.74 bits per heavy atom. The third kappa shape index (κ3) is 3.12. The van der Waals surface area contributed by atoms with Crippen LogP contribution in [0.25, 0.3) is 22.3 Å². The van der Waals surface area contributed by atoms with Gasteiger partial charge >= 0.3 is 5.97 Å². The lowest BCUT2D eigenvalue weighted by atomic mass is 10.1. The van der Waals surface area contributed by atoms with Crippen molar-refractivity contribution in [2.45, 2.75) is 38.8 Å². The van der Waals surface area contributed by atoms with Gasteiger partial charge in [0.15, 0.2) is 0 Å². The van der Waals surface area contributed by atoms with E-state index < -0.39 is 17.8 Å². The number of fused-ring (bicyclic) bond motifs is 1. The maximum atomic E-state index is 14.8. The van der Waals surface area contributed by atoms with Crippen LogP contribution < -0.4 is 11.1 Å². The predicted octanol–water partition coefficient (Wildman–Crippen LogP) is 3.36. The van der Waals surface area contributed by atoms with Gasteiger partial charge in [-0.1, -0.05) is 0 Å². The molecular weight excluding hydrogens is 349 g/mol. The van der Waals surface area contributed by atoms with Gasteiger partial charge in [0.05, 0.1) is 28.0 Å². The number of nitrogens with zero attached hydrogens (tertiary/aromatic N) is 2. The fourth-order valence-corrected chi connectivity index (χ4v) is 3.14. The minimum Gasteiger partial charge on any atom is -0.478 e. The number of hydrogen-bond acceptors (Lipinski definition) is 5.